The van der Waals surface area contributed by atoms with Crippen molar-refractivity contribution in [3.63, 3.8) is 0 Å². The molecule has 1 heterocycles. The lowest BCUT2D eigenvalue weighted by Crippen LogP contribution is -2.52. The topological polar surface area (TPSA) is 113 Å². The Kier molecular flexibility index (Phi) is 8.50. The fraction of sp³-hybridized carbons (Fsp3) is 0.409. The van der Waals surface area contributed by atoms with Gasteiger partial charge in [-0.1, -0.05) is 42.5 Å². The molecule has 1 aliphatic heterocycles. The van der Waals surface area contributed by atoms with Crippen molar-refractivity contribution in [3.8, 4) is 0 Å². The molecule has 0 spiro atoms. The van der Waals surface area contributed by atoms with Crippen LogP contribution in [0.15, 0.2) is 59.5 Å². The van der Waals surface area contributed by atoms with Crippen molar-refractivity contribution in [2.24, 2.45) is 5.73 Å². The van der Waals surface area contributed by atoms with Crippen molar-refractivity contribution < 1.29 is 18.3 Å². The number of likely N-dealkylation sites (tertiary alicyclic amines) is 1. The highest BCUT2D eigenvalue weighted by Crippen LogP contribution is 2.23. The van der Waals surface area contributed by atoms with E-state index in [-0.39, 0.29) is 16.8 Å². The van der Waals surface area contributed by atoms with Crippen molar-refractivity contribution >= 4 is 38.5 Å². The summed E-state index contributed by atoms with van der Waals surface area (Å²) in [6.45, 7) is 0.474. The van der Waals surface area contributed by atoms with Gasteiger partial charge in [0.25, 0.3) is 0 Å². The van der Waals surface area contributed by atoms with Gasteiger partial charge >= 0.3 is 0 Å². The summed E-state index contributed by atoms with van der Waals surface area (Å²) in [6.07, 6.45) is 5.63. The molecule has 1 aliphatic rings. The van der Waals surface area contributed by atoms with E-state index in [0.717, 1.165) is 35.1 Å². The Morgan fingerprint density at radius 3 is 2.77 bits per heavy atom. The molecule has 0 saturated carbocycles. The summed E-state index contributed by atoms with van der Waals surface area (Å²) in [5.74, 6) is 1.19. The number of sulfonamides is 1. The predicted molar refractivity (Wildman–Crippen MR) is 125 cm³/mol. The van der Waals surface area contributed by atoms with Crippen LogP contribution in [-0.2, 0) is 14.8 Å². The molecular formula is C22H29N3O4S2. The lowest BCUT2D eigenvalue weighted by atomic mass is 10.1. The average molecular weight is 464 g/mol. The van der Waals surface area contributed by atoms with Gasteiger partial charge in [-0.2, -0.15) is 16.5 Å². The number of thioether (sulfide) groups is 1. The third-order valence-corrected chi connectivity index (χ3v) is 7.81. The summed E-state index contributed by atoms with van der Waals surface area (Å²) in [5.41, 5.74) is 5.43. The van der Waals surface area contributed by atoms with E-state index in [9.17, 15) is 18.3 Å². The van der Waals surface area contributed by atoms with E-state index >= 15 is 0 Å². The Balaban J connectivity index is 1.68. The van der Waals surface area contributed by atoms with Crippen LogP contribution in [-0.4, -0.2) is 67.6 Å². The Morgan fingerprint density at radius 1 is 1.26 bits per heavy atom. The maximum atomic E-state index is 13.0. The van der Waals surface area contributed by atoms with Gasteiger partial charge in [-0.05, 0) is 35.7 Å². The van der Waals surface area contributed by atoms with Crippen LogP contribution < -0.4 is 10.5 Å². The van der Waals surface area contributed by atoms with Gasteiger partial charge in [-0.15, -0.1) is 0 Å². The highest BCUT2D eigenvalue weighted by Gasteiger charge is 2.34. The van der Waals surface area contributed by atoms with Crippen molar-refractivity contribution in [1.82, 2.24) is 9.62 Å². The molecule has 9 heteroatoms. The number of nitrogens with one attached hydrogen (secondary N) is 1. The molecule has 1 amide bonds. The maximum absolute atomic E-state index is 13.0. The fourth-order valence-electron chi connectivity index (χ4n) is 3.69. The van der Waals surface area contributed by atoms with E-state index < -0.39 is 22.7 Å². The summed E-state index contributed by atoms with van der Waals surface area (Å²) in [4.78, 5) is 14.8. The number of aliphatic hydroxyl groups is 1. The Morgan fingerprint density at radius 2 is 2.03 bits per heavy atom. The zero-order chi connectivity index (χ0) is 22.3. The molecule has 1 fully saturated rings. The van der Waals surface area contributed by atoms with Gasteiger partial charge in [-0.3, -0.25) is 4.79 Å². The summed E-state index contributed by atoms with van der Waals surface area (Å²) >= 11 is 1.70. The normalized spacial score (nSPS) is 18.1. The Labute approximate surface area is 187 Å². The number of rotatable bonds is 10. The third-order valence-electron chi connectivity index (χ3n) is 5.30. The van der Waals surface area contributed by atoms with Gasteiger partial charge in [0.05, 0.1) is 11.5 Å². The SMILES string of the molecule is NCC=CCSC[C@@H]1CCCN1C(=O)[C@@H](CO)NS(=O)(=O)c1ccc2ccccc2c1. The average Bonchev–Trinajstić information content (AvgIpc) is 3.25. The van der Waals surface area contributed by atoms with E-state index in [1.807, 2.05) is 36.4 Å². The number of aliphatic hydroxyl groups excluding tert-OH is 1. The van der Waals surface area contributed by atoms with Gasteiger partial charge < -0.3 is 15.7 Å². The summed E-state index contributed by atoms with van der Waals surface area (Å²) in [5, 5.41) is 11.5. The first-order chi connectivity index (χ1) is 15.0. The van der Waals surface area contributed by atoms with Crippen LogP contribution in [0.3, 0.4) is 0 Å². The van der Waals surface area contributed by atoms with E-state index in [2.05, 4.69) is 4.72 Å². The second-order valence-corrected chi connectivity index (χ2v) is 10.2. The minimum Gasteiger partial charge on any atom is -0.394 e. The highest BCUT2D eigenvalue weighted by atomic mass is 32.2. The minimum atomic E-state index is -3.97. The number of hydrogen-bond acceptors (Lipinski definition) is 6. The van der Waals surface area contributed by atoms with Crippen molar-refractivity contribution in [3.05, 3.63) is 54.6 Å². The number of benzene rings is 2. The first-order valence-electron chi connectivity index (χ1n) is 10.3. The standard InChI is InChI=1S/C22H29N3O4S2/c23-11-3-4-13-30-16-19-8-5-12-25(19)22(27)21(15-26)24-31(28,29)20-10-9-17-6-1-2-7-18(17)14-20/h1-4,6-7,9-10,14,19,21,24,26H,5,8,11-13,15-16,23H2/t19-,21+/m0/s1. The number of fused-ring (bicyclic) bond motifs is 1. The van der Waals surface area contributed by atoms with Crippen LogP contribution >= 0.6 is 11.8 Å². The van der Waals surface area contributed by atoms with Crippen LogP contribution in [0.1, 0.15) is 12.8 Å². The summed E-state index contributed by atoms with van der Waals surface area (Å²) in [7, 11) is -3.97. The van der Waals surface area contributed by atoms with E-state index in [4.69, 9.17) is 5.73 Å². The fourth-order valence-corrected chi connectivity index (χ4v) is 5.93. The number of carbonyl (C=O) groups excluding carboxylic acids is 1. The number of nitrogens with zero attached hydrogens (tertiary/aromatic N) is 1. The van der Waals surface area contributed by atoms with Crippen molar-refractivity contribution in [1.29, 1.82) is 0 Å². The first-order valence-corrected chi connectivity index (χ1v) is 13.0. The first kappa shape index (κ1) is 23.7. The van der Waals surface area contributed by atoms with Crippen molar-refractivity contribution in [2.75, 3.05) is 31.2 Å². The largest absolute Gasteiger partial charge is 0.394 e. The van der Waals surface area contributed by atoms with E-state index in [0.29, 0.717) is 13.1 Å². The molecule has 7 nitrogen and oxygen atoms in total. The molecule has 0 bridgehead atoms. The zero-order valence-corrected chi connectivity index (χ0v) is 18.9. The van der Waals surface area contributed by atoms with Crippen LogP contribution in [0.5, 0.6) is 0 Å². The molecule has 0 unspecified atom stereocenters. The number of hydrogen-bond donors (Lipinski definition) is 3. The molecule has 168 valence electrons. The lowest BCUT2D eigenvalue weighted by Gasteiger charge is -2.28. The summed E-state index contributed by atoms with van der Waals surface area (Å²) in [6, 6.07) is 11.1. The minimum absolute atomic E-state index is 0.0306. The number of nitrogens with two attached hydrogens (primary N) is 1. The predicted octanol–water partition coefficient (Wildman–Crippen LogP) is 1.72. The second-order valence-electron chi connectivity index (χ2n) is 7.44. The number of carbonyl (C=O) groups is 1. The van der Waals surface area contributed by atoms with Gasteiger partial charge in [0.2, 0.25) is 15.9 Å². The summed E-state index contributed by atoms with van der Waals surface area (Å²) < 4.78 is 28.2. The van der Waals surface area contributed by atoms with Crippen molar-refractivity contribution in [2.45, 2.75) is 29.8 Å². The molecule has 0 radical (unpaired) electrons. The quantitative estimate of drug-likeness (QED) is 0.365. The number of amides is 1. The van der Waals surface area contributed by atoms with Crippen LogP contribution in [0.2, 0.25) is 0 Å². The molecule has 3 rings (SSSR count). The van der Waals surface area contributed by atoms with Crippen LogP contribution in [0, 0.1) is 0 Å². The molecule has 31 heavy (non-hydrogen) atoms. The molecule has 2 atom stereocenters. The van der Waals surface area contributed by atoms with Gasteiger partial charge in [0.15, 0.2) is 0 Å². The molecule has 4 N–H and O–H groups in total. The lowest BCUT2D eigenvalue weighted by molar-refractivity contribution is -0.134. The Bertz CT molecular complexity index is 1030. The highest BCUT2D eigenvalue weighted by molar-refractivity contribution is 7.99. The molecule has 2 aromatic carbocycles. The molecule has 1 saturated heterocycles. The zero-order valence-electron chi connectivity index (χ0n) is 17.3. The monoisotopic (exact) mass is 463 g/mol. The van der Waals surface area contributed by atoms with E-state index in [1.165, 1.54) is 6.07 Å². The molecular weight excluding hydrogens is 434 g/mol. The van der Waals surface area contributed by atoms with Gasteiger partial charge in [-0.25, -0.2) is 8.42 Å². The Hall–Kier alpha value is -1.91. The van der Waals surface area contributed by atoms with Gasteiger partial charge in [0, 0.05) is 30.6 Å². The molecule has 2 aromatic rings. The molecule has 0 aromatic heterocycles. The third kappa shape index (κ3) is 6.08. The smallest absolute Gasteiger partial charge is 0.243 e. The maximum Gasteiger partial charge on any atom is 0.243 e. The van der Waals surface area contributed by atoms with Crippen LogP contribution in [0.25, 0.3) is 10.8 Å². The van der Waals surface area contributed by atoms with E-state index in [1.54, 1.807) is 28.8 Å². The van der Waals surface area contributed by atoms with Crippen LogP contribution in [0.4, 0.5) is 0 Å². The van der Waals surface area contributed by atoms with Gasteiger partial charge in [0.1, 0.15) is 6.04 Å². The molecule has 0 aliphatic carbocycles. The second kappa shape index (κ2) is 11.1.